The molecule has 5 heteroatoms. The standard InChI is InChI=1S/C12H17N3OSi/c1-15(2)12(16)11-10(8-13-9-14-11)6-7-17(3,4)5/h8-9H,1-5H3. The Morgan fingerprint density at radius 2 is 2.00 bits per heavy atom. The molecule has 0 N–H and O–H groups in total. The van der Waals surface area contributed by atoms with Gasteiger partial charge in [-0.3, -0.25) is 4.79 Å². The smallest absolute Gasteiger partial charge is 0.273 e. The summed E-state index contributed by atoms with van der Waals surface area (Å²) >= 11 is 0. The van der Waals surface area contributed by atoms with Crippen LogP contribution in [0.5, 0.6) is 0 Å². The number of carbonyl (C=O) groups is 1. The van der Waals surface area contributed by atoms with Crippen molar-refractivity contribution >= 4 is 14.0 Å². The van der Waals surface area contributed by atoms with Crippen molar-refractivity contribution in [3.05, 3.63) is 23.8 Å². The van der Waals surface area contributed by atoms with Crippen molar-refractivity contribution in [1.82, 2.24) is 14.9 Å². The van der Waals surface area contributed by atoms with Gasteiger partial charge in [0.2, 0.25) is 0 Å². The van der Waals surface area contributed by atoms with E-state index in [1.54, 1.807) is 20.3 Å². The van der Waals surface area contributed by atoms with Crippen LogP contribution in [0.25, 0.3) is 0 Å². The van der Waals surface area contributed by atoms with Crippen LogP contribution < -0.4 is 0 Å². The summed E-state index contributed by atoms with van der Waals surface area (Å²) in [5.41, 5.74) is 4.19. The van der Waals surface area contributed by atoms with E-state index in [0.717, 1.165) is 0 Å². The lowest BCUT2D eigenvalue weighted by molar-refractivity contribution is 0.0821. The van der Waals surface area contributed by atoms with Crippen molar-refractivity contribution < 1.29 is 4.79 Å². The predicted octanol–water partition coefficient (Wildman–Crippen LogP) is 1.41. The maximum atomic E-state index is 11.9. The first kappa shape index (κ1) is 13.4. The van der Waals surface area contributed by atoms with E-state index in [1.165, 1.54) is 11.2 Å². The van der Waals surface area contributed by atoms with E-state index in [-0.39, 0.29) is 5.91 Å². The molecule has 1 amide bonds. The third-order valence-corrected chi connectivity index (χ3v) is 2.77. The molecule has 1 rings (SSSR count). The van der Waals surface area contributed by atoms with Gasteiger partial charge in [0, 0.05) is 20.3 Å². The SMILES string of the molecule is CN(C)C(=O)c1ncncc1C#C[Si](C)(C)C. The quantitative estimate of drug-likeness (QED) is 0.557. The molecule has 0 saturated carbocycles. The minimum absolute atomic E-state index is 0.146. The molecule has 4 nitrogen and oxygen atoms in total. The fourth-order valence-electron chi connectivity index (χ4n) is 1.06. The Bertz CT molecular complexity index is 481. The molecule has 0 saturated heterocycles. The molecule has 0 aliphatic heterocycles. The summed E-state index contributed by atoms with van der Waals surface area (Å²) in [6, 6.07) is 0. The topological polar surface area (TPSA) is 46.1 Å². The Morgan fingerprint density at radius 1 is 1.35 bits per heavy atom. The number of nitrogens with zero attached hydrogens (tertiary/aromatic N) is 3. The van der Waals surface area contributed by atoms with Gasteiger partial charge in [0.15, 0.2) is 0 Å². The number of rotatable bonds is 1. The van der Waals surface area contributed by atoms with Crippen molar-refractivity contribution in [2.45, 2.75) is 19.6 Å². The minimum atomic E-state index is -1.47. The Labute approximate surface area is 103 Å². The van der Waals surface area contributed by atoms with Crippen molar-refractivity contribution in [3.8, 4) is 11.5 Å². The zero-order chi connectivity index (χ0) is 13.1. The fourth-order valence-corrected chi connectivity index (χ4v) is 1.57. The highest BCUT2D eigenvalue weighted by molar-refractivity contribution is 6.83. The van der Waals surface area contributed by atoms with Crippen LogP contribution in [0, 0.1) is 11.5 Å². The number of hydrogen-bond acceptors (Lipinski definition) is 3. The number of aromatic nitrogens is 2. The van der Waals surface area contributed by atoms with Crippen LogP contribution in [0.15, 0.2) is 12.5 Å². The molecular formula is C12H17N3OSi. The summed E-state index contributed by atoms with van der Waals surface area (Å²) < 4.78 is 0. The van der Waals surface area contributed by atoms with Crippen LogP contribution in [0.2, 0.25) is 19.6 Å². The van der Waals surface area contributed by atoms with Gasteiger partial charge in [-0.15, -0.1) is 5.54 Å². The Kier molecular flexibility index (Phi) is 4.02. The zero-order valence-corrected chi connectivity index (χ0v) is 11.9. The van der Waals surface area contributed by atoms with Crippen LogP contribution in [0.3, 0.4) is 0 Å². The highest BCUT2D eigenvalue weighted by Gasteiger charge is 2.14. The largest absolute Gasteiger partial charge is 0.343 e. The molecule has 0 fully saturated rings. The second kappa shape index (κ2) is 5.10. The lowest BCUT2D eigenvalue weighted by atomic mass is 10.2. The molecule has 0 radical (unpaired) electrons. The Hall–Kier alpha value is -1.67. The summed E-state index contributed by atoms with van der Waals surface area (Å²) in [6.45, 7) is 6.45. The van der Waals surface area contributed by atoms with Gasteiger partial charge in [0.25, 0.3) is 5.91 Å². The van der Waals surface area contributed by atoms with Gasteiger partial charge in [-0.1, -0.05) is 25.6 Å². The van der Waals surface area contributed by atoms with Gasteiger partial charge < -0.3 is 4.90 Å². The summed E-state index contributed by atoms with van der Waals surface area (Å²) in [7, 11) is 1.92. The van der Waals surface area contributed by atoms with Crippen LogP contribution in [-0.4, -0.2) is 42.9 Å². The van der Waals surface area contributed by atoms with Gasteiger partial charge in [0.1, 0.15) is 20.1 Å². The van der Waals surface area contributed by atoms with Gasteiger partial charge in [0.05, 0.1) is 5.56 Å². The average Bonchev–Trinajstić information content (AvgIpc) is 2.24. The minimum Gasteiger partial charge on any atom is -0.343 e. The van der Waals surface area contributed by atoms with E-state index in [0.29, 0.717) is 11.3 Å². The van der Waals surface area contributed by atoms with Crippen LogP contribution in [0.4, 0.5) is 0 Å². The lowest BCUT2D eigenvalue weighted by Crippen LogP contribution is -2.24. The molecule has 90 valence electrons. The third kappa shape index (κ3) is 4.00. The first-order valence-corrected chi connectivity index (χ1v) is 8.86. The molecule has 0 aliphatic carbocycles. The second-order valence-electron chi connectivity index (χ2n) is 4.98. The molecule has 1 heterocycles. The molecular weight excluding hydrogens is 230 g/mol. The molecule has 1 aromatic rings. The normalized spacial score (nSPS) is 10.4. The van der Waals surface area contributed by atoms with Crippen LogP contribution >= 0.6 is 0 Å². The van der Waals surface area contributed by atoms with Crippen LogP contribution in [0.1, 0.15) is 16.1 Å². The maximum absolute atomic E-state index is 11.9. The van der Waals surface area contributed by atoms with Gasteiger partial charge >= 0.3 is 0 Å². The second-order valence-corrected chi connectivity index (χ2v) is 9.73. The van der Waals surface area contributed by atoms with Crippen LogP contribution in [-0.2, 0) is 0 Å². The van der Waals surface area contributed by atoms with E-state index in [1.807, 2.05) is 0 Å². The maximum Gasteiger partial charge on any atom is 0.273 e. The van der Waals surface area contributed by atoms with Crippen molar-refractivity contribution in [3.63, 3.8) is 0 Å². The summed E-state index contributed by atoms with van der Waals surface area (Å²) in [6.07, 6.45) is 2.97. The Balaban J connectivity index is 3.16. The fraction of sp³-hybridized carbons (Fsp3) is 0.417. The van der Waals surface area contributed by atoms with E-state index >= 15 is 0 Å². The zero-order valence-electron chi connectivity index (χ0n) is 10.9. The number of hydrogen-bond donors (Lipinski definition) is 0. The summed E-state index contributed by atoms with van der Waals surface area (Å²) in [5.74, 6) is 2.88. The lowest BCUT2D eigenvalue weighted by Gasteiger charge is -2.10. The molecule has 1 aromatic heterocycles. The summed E-state index contributed by atoms with van der Waals surface area (Å²) in [4.78, 5) is 21.3. The van der Waals surface area contributed by atoms with Crippen molar-refractivity contribution in [2.75, 3.05) is 14.1 Å². The van der Waals surface area contributed by atoms with E-state index in [9.17, 15) is 4.79 Å². The highest BCUT2D eigenvalue weighted by atomic mass is 28.3. The first-order chi connectivity index (χ1) is 7.81. The summed E-state index contributed by atoms with van der Waals surface area (Å²) in [5, 5.41) is 0. The van der Waals surface area contributed by atoms with E-state index in [2.05, 4.69) is 41.1 Å². The molecule has 0 aliphatic rings. The molecule has 0 unspecified atom stereocenters. The number of amides is 1. The third-order valence-electron chi connectivity index (χ3n) is 1.89. The van der Waals surface area contributed by atoms with Gasteiger partial charge in [-0.25, -0.2) is 9.97 Å². The highest BCUT2D eigenvalue weighted by Crippen LogP contribution is 2.05. The monoisotopic (exact) mass is 247 g/mol. The van der Waals surface area contributed by atoms with Crippen molar-refractivity contribution in [2.24, 2.45) is 0 Å². The van der Waals surface area contributed by atoms with Gasteiger partial charge in [-0.2, -0.15) is 0 Å². The molecule has 17 heavy (non-hydrogen) atoms. The van der Waals surface area contributed by atoms with Crippen molar-refractivity contribution in [1.29, 1.82) is 0 Å². The molecule has 0 aromatic carbocycles. The molecule has 0 atom stereocenters. The molecule has 0 bridgehead atoms. The Morgan fingerprint density at radius 3 is 2.53 bits per heavy atom. The average molecular weight is 247 g/mol. The van der Waals surface area contributed by atoms with Gasteiger partial charge in [-0.05, 0) is 0 Å². The van der Waals surface area contributed by atoms with E-state index < -0.39 is 8.07 Å². The van der Waals surface area contributed by atoms with E-state index in [4.69, 9.17) is 0 Å². The molecule has 0 spiro atoms. The number of carbonyl (C=O) groups excluding carboxylic acids is 1. The first-order valence-electron chi connectivity index (χ1n) is 5.36. The predicted molar refractivity (Wildman–Crippen MR) is 70.3 cm³/mol.